The smallest absolute Gasteiger partial charge is 0.412 e. The molecule has 0 saturated carbocycles. The minimum Gasteiger partial charge on any atom is -0.444 e. The fourth-order valence-electron chi connectivity index (χ4n) is 1.42. The lowest BCUT2D eigenvalue weighted by molar-refractivity contribution is -0.0731. The Morgan fingerprint density at radius 2 is 2.11 bits per heavy atom. The number of carbonyl (C=O) groups excluding carboxylic acids is 1. The molecule has 0 aromatic heterocycles. The van der Waals surface area contributed by atoms with Gasteiger partial charge in [0.1, 0.15) is 5.60 Å². The van der Waals surface area contributed by atoms with Crippen molar-refractivity contribution in [2.75, 3.05) is 12.4 Å². The number of rotatable bonds is 3. The first-order chi connectivity index (χ1) is 8.67. The third-order valence-corrected chi connectivity index (χ3v) is 2.45. The first-order valence-electron chi connectivity index (χ1n) is 5.86. The zero-order chi connectivity index (χ0) is 14.6. The van der Waals surface area contributed by atoms with Crippen LogP contribution in [-0.4, -0.2) is 29.0 Å². The van der Waals surface area contributed by atoms with Gasteiger partial charge < -0.3 is 9.94 Å². The Labute approximate surface area is 118 Å². The maximum atomic E-state index is 11.6. The molecule has 0 aliphatic carbocycles. The van der Waals surface area contributed by atoms with Gasteiger partial charge >= 0.3 is 6.09 Å². The molecule has 19 heavy (non-hydrogen) atoms. The van der Waals surface area contributed by atoms with Crippen LogP contribution in [0.2, 0.25) is 5.02 Å². The maximum absolute atomic E-state index is 11.6. The fraction of sp³-hybridized carbons (Fsp3) is 0.462. The number of hydrogen-bond acceptors (Lipinski definition) is 4. The highest BCUT2D eigenvalue weighted by molar-refractivity contribution is 6.31. The van der Waals surface area contributed by atoms with Crippen LogP contribution in [0.1, 0.15) is 26.3 Å². The van der Waals surface area contributed by atoms with Crippen molar-refractivity contribution in [3.8, 4) is 0 Å². The first kappa shape index (κ1) is 15.8. The van der Waals surface area contributed by atoms with Crippen LogP contribution in [0, 0.1) is 0 Å². The molecule has 0 radical (unpaired) electrons. The van der Waals surface area contributed by atoms with E-state index < -0.39 is 11.7 Å². The van der Waals surface area contributed by atoms with Crippen molar-refractivity contribution in [2.24, 2.45) is 0 Å². The lowest BCUT2D eigenvalue weighted by Crippen LogP contribution is -2.27. The van der Waals surface area contributed by atoms with Crippen LogP contribution in [0.3, 0.4) is 0 Å². The number of benzene rings is 1. The molecule has 0 aliphatic rings. The summed E-state index contributed by atoms with van der Waals surface area (Å²) in [5, 5.41) is 13.3. The lowest BCUT2D eigenvalue weighted by Gasteiger charge is -2.20. The van der Waals surface area contributed by atoms with Crippen molar-refractivity contribution in [2.45, 2.75) is 32.9 Å². The number of halogens is 1. The van der Waals surface area contributed by atoms with Gasteiger partial charge in [0.15, 0.2) is 0 Å². The van der Waals surface area contributed by atoms with E-state index in [-0.39, 0.29) is 0 Å². The molecule has 1 aromatic carbocycles. The number of carbonyl (C=O) groups is 1. The maximum Gasteiger partial charge on any atom is 0.412 e. The van der Waals surface area contributed by atoms with Crippen LogP contribution >= 0.6 is 11.6 Å². The summed E-state index contributed by atoms with van der Waals surface area (Å²) in [5.41, 5.74) is 0.762. The quantitative estimate of drug-likeness (QED) is 0.835. The molecule has 0 saturated heterocycles. The van der Waals surface area contributed by atoms with Gasteiger partial charge in [0.05, 0.1) is 0 Å². The normalized spacial score (nSPS) is 11.5. The Morgan fingerprint density at radius 3 is 2.58 bits per heavy atom. The van der Waals surface area contributed by atoms with E-state index >= 15 is 0 Å². The van der Waals surface area contributed by atoms with E-state index in [9.17, 15) is 4.79 Å². The molecule has 106 valence electrons. The molecule has 0 spiro atoms. The SMILES string of the molecule is CN(O)Cc1ccc(NC(=O)OC(C)(C)C)cc1Cl. The number of hydrogen-bond donors (Lipinski definition) is 2. The third kappa shape index (κ3) is 5.92. The van der Waals surface area contributed by atoms with Crippen LogP contribution in [0.4, 0.5) is 10.5 Å². The summed E-state index contributed by atoms with van der Waals surface area (Å²) in [7, 11) is 1.53. The molecule has 0 aliphatic heterocycles. The van der Waals surface area contributed by atoms with Crippen LogP contribution < -0.4 is 5.32 Å². The zero-order valence-electron chi connectivity index (χ0n) is 11.5. The standard InChI is InChI=1S/C13H19ClN2O3/c1-13(2,3)19-12(17)15-10-6-5-9(8-16(4)18)11(14)7-10/h5-7,18H,8H2,1-4H3,(H,15,17). The molecule has 1 aromatic rings. The number of ether oxygens (including phenoxy) is 1. The van der Waals surface area contributed by atoms with E-state index in [1.807, 2.05) is 0 Å². The summed E-state index contributed by atoms with van der Waals surface area (Å²) in [4.78, 5) is 11.6. The monoisotopic (exact) mass is 286 g/mol. The summed E-state index contributed by atoms with van der Waals surface area (Å²) >= 11 is 6.06. The minimum atomic E-state index is -0.548. The summed E-state index contributed by atoms with van der Waals surface area (Å²) in [6.45, 7) is 5.69. The van der Waals surface area contributed by atoms with Crippen molar-refractivity contribution in [3.63, 3.8) is 0 Å². The second-order valence-electron chi connectivity index (χ2n) is 5.25. The third-order valence-electron chi connectivity index (χ3n) is 2.10. The second kappa shape index (κ2) is 6.23. The highest BCUT2D eigenvalue weighted by Gasteiger charge is 2.16. The lowest BCUT2D eigenvalue weighted by atomic mass is 10.2. The highest BCUT2D eigenvalue weighted by atomic mass is 35.5. The summed E-state index contributed by atoms with van der Waals surface area (Å²) in [6.07, 6.45) is -0.532. The zero-order valence-corrected chi connectivity index (χ0v) is 12.3. The summed E-state index contributed by atoms with van der Waals surface area (Å²) in [6, 6.07) is 5.06. The van der Waals surface area contributed by atoms with Gasteiger partial charge in [0.25, 0.3) is 0 Å². The number of amides is 1. The van der Waals surface area contributed by atoms with Crippen LogP contribution in [0.15, 0.2) is 18.2 Å². The molecular formula is C13H19ClN2O3. The molecule has 1 amide bonds. The topological polar surface area (TPSA) is 61.8 Å². The first-order valence-corrected chi connectivity index (χ1v) is 6.23. The van der Waals surface area contributed by atoms with E-state index in [0.717, 1.165) is 10.6 Å². The van der Waals surface area contributed by atoms with Gasteiger partial charge in [-0.25, -0.2) is 4.79 Å². The Kier molecular flexibility index (Phi) is 5.17. The van der Waals surface area contributed by atoms with E-state index in [0.29, 0.717) is 17.3 Å². The Balaban J connectivity index is 2.71. The molecule has 0 bridgehead atoms. The minimum absolute atomic E-state index is 0.311. The van der Waals surface area contributed by atoms with Crippen molar-refractivity contribution in [1.82, 2.24) is 5.06 Å². The van der Waals surface area contributed by atoms with Gasteiger partial charge in [0.2, 0.25) is 0 Å². The predicted octanol–water partition coefficient (Wildman–Crippen LogP) is 3.51. The van der Waals surface area contributed by atoms with Crippen LogP contribution in [0.25, 0.3) is 0 Å². The predicted molar refractivity (Wildman–Crippen MR) is 74.6 cm³/mol. The highest BCUT2D eigenvalue weighted by Crippen LogP contribution is 2.22. The fourth-order valence-corrected chi connectivity index (χ4v) is 1.66. The van der Waals surface area contributed by atoms with Gasteiger partial charge in [-0.2, -0.15) is 5.06 Å². The molecule has 1 rings (SSSR count). The molecule has 0 unspecified atom stereocenters. The van der Waals surface area contributed by atoms with Gasteiger partial charge in [-0.15, -0.1) is 0 Å². The number of hydroxylamine groups is 2. The van der Waals surface area contributed by atoms with E-state index in [2.05, 4.69) is 5.32 Å². The molecule has 0 heterocycles. The summed E-state index contributed by atoms with van der Waals surface area (Å²) < 4.78 is 5.13. The van der Waals surface area contributed by atoms with Crippen molar-refractivity contribution in [3.05, 3.63) is 28.8 Å². The van der Waals surface area contributed by atoms with E-state index in [4.69, 9.17) is 21.5 Å². The van der Waals surface area contributed by atoms with Crippen molar-refractivity contribution < 1.29 is 14.7 Å². The van der Waals surface area contributed by atoms with Crippen molar-refractivity contribution >= 4 is 23.4 Å². The van der Waals surface area contributed by atoms with Gasteiger partial charge in [-0.1, -0.05) is 17.7 Å². The molecule has 0 fully saturated rings. The van der Waals surface area contributed by atoms with Crippen molar-refractivity contribution in [1.29, 1.82) is 0 Å². The van der Waals surface area contributed by atoms with E-state index in [1.54, 1.807) is 39.0 Å². The number of anilines is 1. The van der Waals surface area contributed by atoms with Gasteiger partial charge in [-0.05, 0) is 38.5 Å². The van der Waals surface area contributed by atoms with Crippen LogP contribution in [0.5, 0.6) is 0 Å². The Hall–Kier alpha value is -1.30. The summed E-state index contributed by atoms with van der Waals surface area (Å²) in [5.74, 6) is 0. The largest absolute Gasteiger partial charge is 0.444 e. The van der Waals surface area contributed by atoms with Crippen LogP contribution in [-0.2, 0) is 11.3 Å². The molecule has 0 atom stereocenters. The van der Waals surface area contributed by atoms with Gasteiger partial charge in [0, 0.05) is 24.3 Å². The molecule has 5 nitrogen and oxygen atoms in total. The number of nitrogens with zero attached hydrogens (tertiary/aromatic N) is 1. The average Bonchev–Trinajstić information content (AvgIpc) is 2.18. The molecular weight excluding hydrogens is 268 g/mol. The average molecular weight is 287 g/mol. The Bertz CT molecular complexity index is 456. The Morgan fingerprint density at radius 1 is 1.47 bits per heavy atom. The molecule has 2 N–H and O–H groups in total. The van der Waals surface area contributed by atoms with E-state index in [1.165, 1.54) is 7.05 Å². The molecule has 6 heteroatoms. The van der Waals surface area contributed by atoms with Gasteiger partial charge in [-0.3, -0.25) is 5.32 Å². The number of nitrogens with one attached hydrogen (secondary N) is 1. The second-order valence-corrected chi connectivity index (χ2v) is 5.66.